The maximum Gasteiger partial charge on any atom is 0.326 e. The minimum Gasteiger partial charge on any atom is -0.480 e. The van der Waals surface area contributed by atoms with Gasteiger partial charge in [0.2, 0.25) is 5.91 Å². The van der Waals surface area contributed by atoms with Gasteiger partial charge in [-0.2, -0.15) is 5.10 Å². The molecule has 104 valence electrons. The lowest BCUT2D eigenvalue weighted by Gasteiger charge is -2.21. The van der Waals surface area contributed by atoms with Crippen molar-refractivity contribution in [1.29, 1.82) is 0 Å². The Morgan fingerprint density at radius 3 is 2.68 bits per heavy atom. The number of amides is 1. The van der Waals surface area contributed by atoms with E-state index in [1.807, 2.05) is 19.9 Å². The van der Waals surface area contributed by atoms with Gasteiger partial charge < -0.3 is 15.1 Å². The molecule has 0 aliphatic carbocycles. The lowest BCUT2D eigenvalue weighted by molar-refractivity contribution is -0.148. The summed E-state index contributed by atoms with van der Waals surface area (Å²) in [5.41, 5.74) is 1.65. The van der Waals surface area contributed by atoms with Crippen LogP contribution in [0.5, 0.6) is 0 Å². The van der Waals surface area contributed by atoms with Crippen molar-refractivity contribution in [3.63, 3.8) is 0 Å². The Bertz CT molecular complexity index is 511. The van der Waals surface area contributed by atoms with Crippen LogP contribution in [0.2, 0.25) is 0 Å². The molecule has 0 aromatic carbocycles. The molecule has 1 saturated heterocycles. The molecule has 0 unspecified atom stereocenters. The van der Waals surface area contributed by atoms with Crippen molar-refractivity contribution >= 4 is 11.9 Å². The van der Waals surface area contributed by atoms with Gasteiger partial charge in [0, 0.05) is 18.7 Å². The van der Waals surface area contributed by atoms with Crippen LogP contribution < -0.4 is 0 Å². The zero-order chi connectivity index (χ0) is 14.2. The summed E-state index contributed by atoms with van der Waals surface area (Å²) in [5.74, 6) is -1.42. The largest absolute Gasteiger partial charge is 0.480 e. The van der Waals surface area contributed by atoms with Gasteiger partial charge in [-0.1, -0.05) is 0 Å². The number of hydrogen-bond donors (Lipinski definition) is 2. The standard InChI is InChI=1S/C12H17N3O4/c1-7-3-8(2)15(13-7)6-11(17)14-5-9(16)4-10(14)12(18)19/h3,9-10,16H,4-6H2,1-2H3,(H,18,19)/t9-,10-/m1/s1. The first-order valence-electron chi connectivity index (χ1n) is 6.10. The topological polar surface area (TPSA) is 95.7 Å². The first-order chi connectivity index (χ1) is 8.88. The minimum atomic E-state index is -1.08. The van der Waals surface area contributed by atoms with Crippen molar-refractivity contribution in [3.8, 4) is 0 Å². The Balaban J connectivity index is 2.11. The van der Waals surface area contributed by atoms with E-state index in [9.17, 15) is 14.7 Å². The predicted octanol–water partition coefficient (Wildman–Crippen LogP) is -0.454. The quantitative estimate of drug-likeness (QED) is 0.773. The van der Waals surface area contributed by atoms with E-state index in [1.165, 1.54) is 4.90 Å². The number of aromatic nitrogens is 2. The molecule has 0 spiro atoms. The third-order valence-corrected chi connectivity index (χ3v) is 3.27. The van der Waals surface area contributed by atoms with E-state index in [2.05, 4.69) is 5.10 Å². The molecule has 2 N–H and O–H groups in total. The molecule has 1 fully saturated rings. The lowest BCUT2D eigenvalue weighted by Crippen LogP contribution is -2.42. The molecule has 7 heteroatoms. The summed E-state index contributed by atoms with van der Waals surface area (Å²) in [7, 11) is 0. The first kappa shape index (κ1) is 13.5. The second-order valence-electron chi connectivity index (χ2n) is 4.87. The summed E-state index contributed by atoms with van der Waals surface area (Å²) in [4.78, 5) is 24.4. The molecule has 1 aliphatic rings. The zero-order valence-corrected chi connectivity index (χ0v) is 10.9. The van der Waals surface area contributed by atoms with E-state index in [0.29, 0.717) is 0 Å². The summed E-state index contributed by atoms with van der Waals surface area (Å²) in [5, 5.41) is 22.7. The van der Waals surface area contributed by atoms with Gasteiger partial charge in [-0.05, 0) is 19.9 Å². The maximum absolute atomic E-state index is 12.1. The SMILES string of the molecule is Cc1cc(C)n(CC(=O)N2C[C@H](O)C[C@@H]2C(=O)O)n1. The molecule has 1 aliphatic heterocycles. The molecular formula is C12H17N3O4. The van der Waals surface area contributed by atoms with Crippen LogP contribution in [0.3, 0.4) is 0 Å². The first-order valence-corrected chi connectivity index (χ1v) is 6.10. The highest BCUT2D eigenvalue weighted by Gasteiger charge is 2.38. The van der Waals surface area contributed by atoms with Crippen molar-refractivity contribution in [2.24, 2.45) is 0 Å². The molecule has 1 amide bonds. The molecule has 2 heterocycles. The fourth-order valence-electron chi connectivity index (χ4n) is 2.38. The fraction of sp³-hybridized carbons (Fsp3) is 0.583. The van der Waals surface area contributed by atoms with Crippen LogP contribution in [0.15, 0.2) is 6.07 Å². The number of hydrogen-bond acceptors (Lipinski definition) is 4. The molecule has 0 bridgehead atoms. The average Bonchev–Trinajstić information content (AvgIpc) is 2.83. The Labute approximate surface area is 110 Å². The number of aryl methyl sites for hydroxylation is 2. The number of aliphatic carboxylic acids is 1. The molecular weight excluding hydrogens is 250 g/mol. The minimum absolute atomic E-state index is 0.00380. The molecule has 19 heavy (non-hydrogen) atoms. The van der Waals surface area contributed by atoms with Crippen LogP contribution in [0.4, 0.5) is 0 Å². The Hall–Kier alpha value is -1.89. The number of rotatable bonds is 3. The normalized spacial score (nSPS) is 22.8. The number of β-amino-alcohol motifs (C(OH)–C–C–N with tert-alkyl or cyclic N) is 1. The second kappa shape index (κ2) is 5.00. The van der Waals surface area contributed by atoms with Gasteiger partial charge in [-0.25, -0.2) is 4.79 Å². The van der Waals surface area contributed by atoms with Gasteiger partial charge in [0.1, 0.15) is 12.6 Å². The Morgan fingerprint density at radius 1 is 1.47 bits per heavy atom. The number of likely N-dealkylation sites (tertiary alicyclic amines) is 1. The molecule has 1 aromatic rings. The van der Waals surface area contributed by atoms with E-state index in [4.69, 9.17) is 5.11 Å². The van der Waals surface area contributed by atoms with Crippen LogP contribution >= 0.6 is 0 Å². The predicted molar refractivity (Wildman–Crippen MR) is 65.5 cm³/mol. The summed E-state index contributed by atoms with van der Waals surface area (Å²) < 4.78 is 1.54. The van der Waals surface area contributed by atoms with Crippen molar-refractivity contribution in [3.05, 3.63) is 17.5 Å². The zero-order valence-electron chi connectivity index (χ0n) is 10.9. The summed E-state index contributed by atoms with van der Waals surface area (Å²) in [6, 6.07) is 0.903. The third-order valence-electron chi connectivity index (χ3n) is 3.27. The van der Waals surface area contributed by atoms with E-state index < -0.39 is 18.1 Å². The molecule has 1 aromatic heterocycles. The van der Waals surface area contributed by atoms with Crippen LogP contribution in [0.25, 0.3) is 0 Å². The number of aliphatic hydroxyl groups is 1. The molecule has 2 rings (SSSR count). The van der Waals surface area contributed by atoms with E-state index in [-0.39, 0.29) is 25.4 Å². The number of carboxylic acid groups (broad SMARTS) is 1. The van der Waals surface area contributed by atoms with Gasteiger partial charge >= 0.3 is 5.97 Å². The molecule has 0 saturated carbocycles. The Morgan fingerprint density at radius 2 is 2.16 bits per heavy atom. The van der Waals surface area contributed by atoms with Gasteiger partial charge in [-0.15, -0.1) is 0 Å². The number of aliphatic hydroxyl groups excluding tert-OH is 1. The van der Waals surface area contributed by atoms with Gasteiger partial charge in [0.05, 0.1) is 11.8 Å². The number of carboxylic acids is 1. The van der Waals surface area contributed by atoms with E-state index >= 15 is 0 Å². The highest BCUT2D eigenvalue weighted by atomic mass is 16.4. The van der Waals surface area contributed by atoms with Gasteiger partial charge in [0.25, 0.3) is 0 Å². The summed E-state index contributed by atoms with van der Waals surface area (Å²) in [6.45, 7) is 3.72. The van der Waals surface area contributed by atoms with Crippen LogP contribution in [-0.4, -0.2) is 55.5 Å². The highest BCUT2D eigenvalue weighted by Crippen LogP contribution is 2.19. The average molecular weight is 267 g/mol. The van der Waals surface area contributed by atoms with E-state index in [1.54, 1.807) is 4.68 Å². The third kappa shape index (κ3) is 2.76. The lowest BCUT2D eigenvalue weighted by atomic mass is 10.2. The van der Waals surface area contributed by atoms with Crippen molar-refractivity contribution in [2.45, 2.75) is 39.0 Å². The van der Waals surface area contributed by atoms with Crippen LogP contribution in [-0.2, 0) is 16.1 Å². The second-order valence-corrected chi connectivity index (χ2v) is 4.87. The van der Waals surface area contributed by atoms with Crippen molar-refractivity contribution < 1.29 is 19.8 Å². The summed E-state index contributed by atoms with van der Waals surface area (Å²) >= 11 is 0. The van der Waals surface area contributed by atoms with Crippen LogP contribution in [0, 0.1) is 13.8 Å². The van der Waals surface area contributed by atoms with Crippen LogP contribution in [0.1, 0.15) is 17.8 Å². The summed E-state index contributed by atoms with van der Waals surface area (Å²) in [6.07, 6.45) is -0.691. The number of nitrogens with zero attached hydrogens (tertiary/aromatic N) is 3. The van der Waals surface area contributed by atoms with Gasteiger partial charge in [0.15, 0.2) is 0 Å². The highest BCUT2D eigenvalue weighted by molar-refractivity contribution is 5.84. The fourth-order valence-corrected chi connectivity index (χ4v) is 2.38. The van der Waals surface area contributed by atoms with Gasteiger partial charge in [-0.3, -0.25) is 9.48 Å². The maximum atomic E-state index is 12.1. The van der Waals surface area contributed by atoms with Crippen molar-refractivity contribution in [2.75, 3.05) is 6.54 Å². The number of carbonyl (C=O) groups is 2. The van der Waals surface area contributed by atoms with Crippen molar-refractivity contribution in [1.82, 2.24) is 14.7 Å². The Kier molecular flexibility index (Phi) is 3.57. The molecule has 7 nitrogen and oxygen atoms in total. The number of carbonyl (C=O) groups excluding carboxylic acids is 1. The molecule has 0 radical (unpaired) electrons. The molecule has 2 atom stereocenters. The van der Waals surface area contributed by atoms with E-state index in [0.717, 1.165) is 11.4 Å². The smallest absolute Gasteiger partial charge is 0.326 e. The monoisotopic (exact) mass is 267 g/mol.